The molecule has 0 saturated heterocycles. The Bertz CT molecular complexity index is 517. The van der Waals surface area contributed by atoms with Crippen molar-refractivity contribution in [2.75, 3.05) is 5.32 Å². The van der Waals surface area contributed by atoms with E-state index in [4.69, 9.17) is 0 Å². The Kier molecular flexibility index (Phi) is 2.89. The highest BCUT2D eigenvalue weighted by Gasteiger charge is 2.22. The van der Waals surface area contributed by atoms with Gasteiger partial charge in [-0.2, -0.15) is 0 Å². The Morgan fingerprint density at radius 2 is 2.18 bits per heavy atom. The van der Waals surface area contributed by atoms with Crippen LogP contribution in [0.25, 0.3) is 0 Å². The van der Waals surface area contributed by atoms with Crippen LogP contribution in [-0.2, 0) is 6.54 Å². The number of anilines is 1. The van der Waals surface area contributed by atoms with Crippen LogP contribution >= 0.6 is 15.9 Å². The fourth-order valence-corrected chi connectivity index (χ4v) is 2.21. The molecule has 1 aliphatic rings. The fraction of sp³-hybridized carbons (Fsp3) is 0.308. The zero-order chi connectivity index (χ0) is 11.7. The third-order valence-electron chi connectivity index (χ3n) is 2.92. The quantitative estimate of drug-likeness (QED) is 0.937. The number of benzene rings is 1. The Hall–Kier alpha value is -1.29. The predicted molar refractivity (Wildman–Crippen MR) is 72.1 cm³/mol. The maximum absolute atomic E-state index is 4.36. The average molecular weight is 292 g/mol. The first-order chi connectivity index (χ1) is 8.33. The van der Waals surface area contributed by atoms with Crippen LogP contribution in [0.2, 0.25) is 0 Å². The van der Waals surface area contributed by atoms with Gasteiger partial charge in [-0.05, 0) is 24.5 Å². The highest BCUT2D eigenvalue weighted by molar-refractivity contribution is 9.10. The lowest BCUT2D eigenvalue weighted by atomic mass is 10.2. The van der Waals surface area contributed by atoms with Crippen LogP contribution in [0.5, 0.6) is 0 Å². The zero-order valence-corrected chi connectivity index (χ0v) is 11.0. The lowest BCUT2D eigenvalue weighted by molar-refractivity contribution is 0.793. The minimum atomic E-state index is 0.635. The second-order valence-electron chi connectivity index (χ2n) is 4.39. The van der Waals surface area contributed by atoms with E-state index in [0.717, 1.165) is 17.0 Å². The lowest BCUT2D eigenvalue weighted by Gasteiger charge is -2.10. The Morgan fingerprint density at radius 1 is 1.35 bits per heavy atom. The molecule has 0 atom stereocenters. The standard InChI is InChI=1S/C13H14BrN3/c14-12-4-2-1-3-10(12)9-17-8-7-15-13(17)16-11-5-6-11/h1-4,7-8,11H,5-6,9H2,(H,15,16). The van der Waals surface area contributed by atoms with Gasteiger partial charge in [0.15, 0.2) is 0 Å². The molecule has 0 aliphatic heterocycles. The summed E-state index contributed by atoms with van der Waals surface area (Å²) in [5.74, 6) is 0.975. The van der Waals surface area contributed by atoms with Gasteiger partial charge in [-0.15, -0.1) is 0 Å². The van der Waals surface area contributed by atoms with Crippen LogP contribution in [0.1, 0.15) is 18.4 Å². The molecule has 1 aromatic heterocycles. The summed E-state index contributed by atoms with van der Waals surface area (Å²) in [5.41, 5.74) is 1.27. The maximum Gasteiger partial charge on any atom is 0.203 e. The first-order valence-electron chi connectivity index (χ1n) is 5.84. The molecule has 2 aromatic rings. The van der Waals surface area contributed by atoms with E-state index in [-0.39, 0.29) is 0 Å². The minimum absolute atomic E-state index is 0.635. The van der Waals surface area contributed by atoms with Gasteiger partial charge in [0.2, 0.25) is 5.95 Å². The average Bonchev–Trinajstić information content (AvgIpc) is 3.03. The summed E-state index contributed by atoms with van der Waals surface area (Å²) in [6.07, 6.45) is 6.40. The van der Waals surface area contributed by atoms with Crippen molar-refractivity contribution in [2.45, 2.75) is 25.4 Å². The van der Waals surface area contributed by atoms with Crippen LogP contribution < -0.4 is 5.32 Å². The first-order valence-corrected chi connectivity index (χ1v) is 6.63. The van der Waals surface area contributed by atoms with E-state index in [2.05, 4.69) is 49.0 Å². The molecule has 1 fully saturated rings. The number of aromatic nitrogens is 2. The van der Waals surface area contributed by atoms with Crippen molar-refractivity contribution in [3.8, 4) is 0 Å². The normalized spacial score (nSPS) is 14.9. The third-order valence-corrected chi connectivity index (χ3v) is 3.70. The molecule has 0 bridgehead atoms. The molecule has 1 heterocycles. The van der Waals surface area contributed by atoms with Crippen LogP contribution in [0, 0.1) is 0 Å². The lowest BCUT2D eigenvalue weighted by Crippen LogP contribution is -2.09. The molecule has 3 nitrogen and oxygen atoms in total. The summed E-state index contributed by atoms with van der Waals surface area (Å²) < 4.78 is 3.30. The maximum atomic E-state index is 4.36. The van der Waals surface area contributed by atoms with E-state index < -0.39 is 0 Å². The van der Waals surface area contributed by atoms with E-state index in [1.165, 1.54) is 18.4 Å². The van der Waals surface area contributed by atoms with Gasteiger partial charge in [-0.25, -0.2) is 4.98 Å². The zero-order valence-electron chi connectivity index (χ0n) is 9.44. The molecule has 0 spiro atoms. The summed E-state index contributed by atoms with van der Waals surface area (Å²) in [6.45, 7) is 0.844. The van der Waals surface area contributed by atoms with Crippen molar-refractivity contribution in [1.29, 1.82) is 0 Å². The first kappa shape index (κ1) is 10.8. The molecule has 1 saturated carbocycles. The summed E-state index contributed by atoms with van der Waals surface area (Å²) in [4.78, 5) is 4.36. The Labute approximate surface area is 109 Å². The van der Waals surface area contributed by atoms with E-state index >= 15 is 0 Å². The van der Waals surface area contributed by atoms with Crippen molar-refractivity contribution < 1.29 is 0 Å². The van der Waals surface area contributed by atoms with Gasteiger partial charge < -0.3 is 9.88 Å². The van der Waals surface area contributed by atoms with Gasteiger partial charge in [0.25, 0.3) is 0 Å². The largest absolute Gasteiger partial charge is 0.353 e. The summed E-state index contributed by atoms with van der Waals surface area (Å²) in [5, 5.41) is 3.44. The molecule has 0 amide bonds. The third kappa shape index (κ3) is 2.52. The van der Waals surface area contributed by atoms with Gasteiger partial charge >= 0.3 is 0 Å². The van der Waals surface area contributed by atoms with Gasteiger partial charge in [-0.3, -0.25) is 0 Å². The van der Waals surface area contributed by atoms with Gasteiger partial charge in [-0.1, -0.05) is 34.1 Å². The second kappa shape index (κ2) is 4.53. The number of rotatable bonds is 4. The SMILES string of the molecule is Brc1ccccc1Cn1ccnc1NC1CC1. The van der Waals surface area contributed by atoms with Crippen molar-refractivity contribution in [3.05, 3.63) is 46.7 Å². The highest BCUT2D eigenvalue weighted by atomic mass is 79.9. The molecular weight excluding hydrogens is 278 g/mol. The van der Waals surface area contributed by atoms with E-state index in [9.17, 15) is 0 Å². The number of hydrogen-bond donors (Lipinski definition) is 1. The predicted octanol–water partition coefficient (Wildman–Crippen LogP) is 3.27. The summed E-state index contributed by atoms with van der Waals surface area (Å²) in [6, 6.07) is 8.93. The van der Waals surface area contributed by atoms with E-state index in [1.807, 2.05) is 18.5 Å². The van der Waals surface area contributed by atoms with Gasteiger partial charge in [0, 0.05) is 22.9 Å². The molecule has 1 aromatic carbocycles. The van der Waals surface area contributed by atoms with Crippen LogP contribution in [0.15, 0.2) is 41.1 Å². The topological polar surface area (TPSA) is 29.9 Å². The van der Waals surface area contributed by atoms with Gasteiger partial charge in [0.1, 0.15) is 0 Å². The molecule has 17 heavy (non-hydrogen) atoms. The number of nitrogens with one attached hydrogen (secondary N) is 1. The monoisotopic (exact) mass is 291 g/mol. The number of hydrogen-bond acceptors (Lipinski definition) is 2. The minimum Gasteiger partial charge on any atom is -0.353 e. The Morgan fingerprint density at radius 3 is 2.94 bits per heavy atom. The van der Waals surface area contributed by atoms with Crippen molar-refractivity contribution in [3.63, 3.8) is 0 Å². The Balaban J connectivity index is 1.80. The number of nitrogens with zero attached hydrogens (tertiary/aromatic N) is 2. The van der Waals surface area contributed by atoms with Crippen LogP contribution in [0.3, 0.4) is 0 Å². The van der Waals surface area contributed by atoms with Crippen molar-refractivity contribution >= 4 is 21.9 Å². The number of imidazole rings is 1. The van der Waals surface area contributed by atoms with Crippen LogP contribution in [-0.4, -0.2) is 15.6 Å². The molecule has 0 unspecified atom stereocenters. The van der Waals surface area contributed by atoms with Crippen molar-refractivity contribution in [1.82, 2.24) is 9.55 Å². The van der Waals surface area contributed by atoms with Crippen molar-refractivity contribution in [2.24, 2.45) is 0 Å². The molecule has 1 aliphatic carbocycles. The molecular formula is C13H14BrN3. The van der Waals surface area contributed by atoms with Crippen LogP contribution in [0.4, 0.5) is 5.95 Å². The van der Waals surface area contributed by atoms with E-state index in [1.54, 1.807) is 0 Å². The molecule has 1 N–H and O–H groups in total. The highest BCUT2D eigenvalue weighted by Crippen LogP contribution is 2.25. The number of halogens is 1. The molecule has 0 radical (unpaired) electrons. The van der Waals surface area contributed by atoms with E-state index in [0.29, 0.717) is 6.04 Å². The fourth-order valence-electron chi connectivity index (χ4n) is 1.80. The smallest absolute Gasteiger partial charge is 0.203 e. The summed E-state index contributed by atoms with van der Waals surface area (Å²) in [7, 11) is 0. The molecule has 3 rings (SSSR count). The molecule has 88 valence electrons. The van der Waals surface area contributed by atoms with Gasteiger partial charge in [0.05, 0.1) is 6.54 Å². The second-order valence-corrected chi connectivity index (χ2v) is 5.24. The summed E-state index contributed by atoms with van der Waals surface area (Å²) >= 11 is 3.58. The molecule has 4 heteroatoms.